The van der Waals surface area contributed by atoms with Crippen LogP contribution in [0, 0.1) is 0 Å². The lowest BCUT2D eigenvalue weighted by molar-refractivity contribution is 1.19. The van der Waals surface area contributed by atoms with Gasteiger partial charge in [0, 0.05) is 39.8 Å². The van der Waals surface area contributed by atoms with Gasteiger partial charge in [-0.2, -0.15) is 0 Å². The third kappa shape index (κ3) is 4.30. The lowest BCUT2D eigenvalue weighted by Crippen LogP contribution is -1.94. The van der Waals surface area contributed by atoms with Crippen molar-refractivity contribution in [2.45, 2.75) is 0 Å². The van der Waals surface area contributed by atoms with Crippen LogP contribution in [0.15, 0.2) is 170 Å². The van der Waals surface area contributed by atoms with E-state index in [1.807, 2.05) is 18.5 Å². The Balaban J connectivity index is 1.23. The molecule has 0 unspecified atom stereocenters. The second kappa shape index (κ2) is 10.3. The molecule has 0 N–H and O–H groups in total. The first-order valence-electron chi connectivity index (χ1n) is 15.4. The van der Waals surface area contributed by atoms with E-state index in [2.05, 4.69) is 161 Å². The van der Waals surface area contributed by atoms with Gasteiger partial charge < -0.3 is 4.57 Å². The van der Waals surface area contributed by atoms with E-state index in [4.69, 9.17) is 0 Å². The van der Waals surface area contributed by atoms with Gasteiger partial charge in [0.2, 0.25) is 0 Å². The molecule has 2 heterocycles. The molecule has 2 nitrogen and oxygen atoms in total. The lowest BCUT2D eigenvalue weighted by Gasteiger charge is -2.12. The van der Waals surface area contributed by atoms with Crippen molar-refractivity contribution in [2.24, 2.45) is 0 Å². The number of hydrogen-bond acceptors (Lipinski definition) is 1. The van der Waals surface area contributed by atoms with Crippen molar-refractivity contribution in [1.29, 1.82) is 0 Å². The van der Waals surface area contributed by atoms with E-state index in [1.54, 1.807) is 0 Å². The number of para-hydroxylation sites is 1. The minimum atomic E-state index is 1.13. The molecule has 0 aliphatic heterocycles. The van der Waals surface area contributed by atoms with Crippen molar-refractivity contribution < 1.29 is 0 Å². The Hall–Kier alpha value is -5.99. The zero-order valence-electron chi connectivity index (χ0n) is 24.6. The van der Waals surface area contributed by atoms with Crippen molar-refractivity contribution in [2.75, 3.05) is 0 Å². The molecule has 9 rings (SSSR count). The second-order valence-corrected chi connectivity index (χ2v) is 11.7. The summed E-state index contributed by atoms with van der Waals surface area (Å²) in [7, 11) is 0. The van der Waals surface area contributed by atoms with E-state index in [9.17, 15) is 0 Å². The first kappa shape index (κ1) is 25.5. The summed E-state index contributed by atoms with van der Waals surface area (Å²) < 4.78 is 2.44. The van der Waals surface area contributed by atoms with Crippen LogP contribution in [0.4, 0.5) is 0 Å². The average Bonchev–Trinajstić information content (AvgIpc) is 3.46. The van der Waals surface area contributed by atoms with E-state index in [0.717, 1.165) is 5.56 Å². The van der Waals surface area contributed by atoms with E-state index in [1.165, 1.54) is 76.9 Å². The number of nitrogens with zero attached hydrogens (tertiary/aromatic N) is 2. The van der Waals surface area contributed by atoms with Crippen LogP contribution in [0.2, 0.25) is 0 Å². The number of aromatic nitrogens is 2. The Morgan fingerprint density at radius 1 is 0.378 bits per heavy atom. The minimum absolute atomic E-state index is 1.13. The quantitative estimate of drug-likeness (QED) is 0.205. The standard InChI is InChI=1S/C43H28N2/c1-3-8-29(9-4-1)34-18-21-40-41-22-19-35-24-32(17-20-39(35)43(41)45(42(40)27-34)38-11-5-2-6-12-38)31-15-13-30-14-16-33(26-37(30)25-31)36-10-7-23-44-28-36/h1-28H. The number of benzene rings is 7. The van der Waals surface area contributed by atoms with E-state index >= 15 is 0 Å². The first-order chi connectivity index (χ1) is 22.3. The molecule has 0 atom stereocenters. The molecular weight excluding hydrogens is 544 g/mol. The van der Waals surface area contributed by atoms with E-state index in [0.29, 0.717) is 0 Å². The SMILES string of the molecule is c1ccc(-c2ccc3c4ccc5cc(-c6ccc7ccc(-c8cccnc8)cc7c6)ccc5c4n(-c4ccccc4)c3c2)cc1. The topological polar surface area (TPSA) is 17.8 Å². The summed E-state index contributed by atoms with van der Waals surface area (Å²) in [6.45, 7) is 0. The fourth-order valence-corrected chi connectivity index (χ4v) is 6.81. The van der Waals surface area contributed by atoms with Gasteiger partial charge in [0.05, 0.1) is 11.0 Å². The van der Waals surface area contributed by atoms with Crippen molar-refractivity contribution in [3.63, 3.8) is 0 Å². The minimum Gasteiger partial charge on any atom is -0.309 e. The zero-order chi connectivity index (χ0) is 29.7. The highest BCUT2D eigenvalue weighted by Crippen LogP contribution is 2.39. The highest BCUT2D eigenvalue weighted by molar-refractivity contribution is 6.19. The van der Waals surface area contributed by atoms with Crippen molar-refractivity contribution in [3.8, 4) is 39.1 Å². The second-order valence-electron chi connectivity index (χ2n) is 11.7. The Bertz CT molecular complexity index is 2510. The molecule has 9 aromatic rings. The highest BCUT2D eigenvalue weighted by Gasteiger charge is 2.16. The van der Waals surface area contributed by atoms with Crippen LogP contribution in [0.25, 0.3) is 82.4 Å². The fourth-order valence-electron chi connectivity index (χ4n) is 6.81. The number of rotatable bonds is 4. The van der Waals surface area contributed by atoms with Crippen LogP contribution in [0.3, 0.4) is 0 Å². The molecular formula is C43H28N2. The molecule has 2 heteroatoms. The van der Waals surface area contributed by atoms with Gasteiger partial charge in [0.1, 0.15) is 0 Å². The van der Waals surface area contributed by atoms with Crippen LogP contribution in [-0.2, 0) is 0 Å². The summed E-state index contributed by atoms with van der Waals surface area (Å²) in [5, 5.41) is 7.46. The molecule has 0 bridgehead atoms. The first-order valence-corrected chi connectivity index (χ1v) is 15.4. The maximum Gasteiger partial charge on any atom is 0.0619 e. The number of hydrogen-bond donors (Lipinski definition) is 0. The maximum absolute atomic E-state index is 4.31. The molecule has 0 spiro atoms. The predicted octanol–water partition coefficient (Wildman–Crippen LogP) is 11.5. The third-order valence-electron chi connectivity index (χ3n) is 9.03. The van der Waals surface area contributed by atoms with Gasteiger partial charge in [-0.15, -0.1) is 0 Å². The number of fused-ring (bicyclic) bond motifs is 6. The van der Waals surface area contributed by atoms with Crippen molar-refractivity contribution >= 4 is 43.4 Å². The van der Waals surface area contributed by atoms with Crippen LogP contribution < -0.4 is 0 Å². The molecule has 0 saturated heterocycles. The summed E-state index contributed by atoms with van der Waals surface area (Å²) in [6.07, 6.45) is 3.74. The zero-order valence-corrected chi connectivity index (χ0v) is 24.6. The van der Waals surface area contributed by atoms with Gasteiger partial charge in [0.25, 0.3) is 0 Å². The Kier molecular flexibility index (Phi) is 5.85. The Labute approximate surface area is 261 Å². The van der Waals surface area contributed by atoms with Crippen LogP contribution in [0.1, 0.15) is 0 Å². The third-order valence-corrected chi connectivity index (χ3v) is 9.03. The van der Waals surface area contributed by atoms with E-state index in [-0.39, 0.29) is 0 Å². The predicted molar refractivity (Wildman–Crippen MR) is 190 cm³/mol. The monoisotopic (exact) mass is 572 g/mol. The molecule has 0 aliphatic rings. The molecule has 45 heavy (non-hydrogen) atoms. The summed E-state index contributed by atoms with van der Waals surface area (Å²) in [6, 6.07) is 57.2. The van der Waals surface area contributed by atoms with E-state index < -0.39 is 0 Å². The fraction of sp³-hybridized carbons (Fsp3) is 0. The summed E-state index contributed by atoms with van der Waals surface area (Å²) in [4.78, 5) is 4.31. The molecule has 2 aromatic heterocycles. The van der Waals surface area contributed by atoms with Gasteiger partial charge in [-0.25, -0.2) is 0 Å². The lowest BCUT2D eigenvalue weighted by atomic mass is 9.96. The normalized spacial score (nSPS) is 11.6. The Morgan fingerprint density at radius 2 is 0.956 bits per heavy atom. The van der Waals surface area contributed by atoms with Crippen LogP contribution in [0.5, 0.6) is 0 Å². The molecule has 0 aliphatic carbocycles. The highest BCUT2D eigenvalue weighted by atomic mass is 15.0. The molecule has 0 radical (unpaired) electrons. The summed E-state index contributed by atoms with van der Waals surface area (Å²) >= 11 is 0. The smallest absolute Gasteiger partial charge is 0.0619 e. The van der Waals surface area contributed by atoms with Gasteiger partial charge in [-0.1, -0.05) is 115 Å². The summed E-state index contributed by atoms with van der Waals surface area (Å²) in [5.74, 6) is 0. The molecule has 0 saturated carbocycles. The average molecular weight is 573 g/mol. The molecule has 0 fully saturated rings. The molecule has 7 aromatic carbocycles. The van der Waals surface area contributed by atoms with Crippen molar-refractivity contribution in [1.82, 2.24) is 9.55 Å². The molecule has 210 valence electrons. The van der Waals surface area contributed by atoms with Gasteiger partial charge in [-0.3, -0.25) is 4.98 Å². The van der Waals surface area contributed by atoms with Crippen LogP contribution >= 0.6 is 0 Å². The maximum atomic E-state index is 4.31. The summed E-state index contributed by atoms with van der Waals surface area (Å²) in [5.41, 5.74) is 10.8. The number of pyridine rings is 1. The van der Waals surface area contributed by atoms with Gasteiger partial charge in [0.15, 0.2) is 0 Å². The largest absolute Gasteiger partial charge is 0.309 e. The van der Waals surface area contributed by atoms with Gasteiger partial charge in [-0.05, 0) is 86.4 Å². The Morgan fingerprint density at radius 3 is 1.69 bits per heavy atom. The molecule has 0 amide bonds. The van der Waals surface area contributed by atoms with Crippen LogP contribution in [-0.4, -0.2) is 9.55 Å². The van der Waals surface area contributed by atoms with Gasteiger partial charge >= 0.3 is 0 Å². The van der Waals surface area contributed by atoms with Crippen molar-refractivity contribution in [3.05, 3.63) is 170 Å².